The molecule has 0 saturated heterocycles. The third-order valence-electron chi connectivity index (χ3n) is 2.47. The molecule has 0 spiro atoms. The van der Waals surface area contributed by atoms with E-state index in [4.69, 9.17) is 14.6 Å². The number of benzene rings is 1. The minimum atomic E-state index is -0.0252. The maximum absolute atomic E-state index is 8.82. The molecule has 0 radical (unpaired) electrons. The zero-order valence-electron chi connectivity index (χ0n) is 10.9. The van der Waals surface area contributed by atoms with Crippen LogP contribution in [0.3, 0.4) is 0 Å². The molecule has 2 rings (SSSR count). The summed E-state index contributed by atoms with van der Waals surface area (Å²) in [5.74, 6) is 1.78. The molecule has 0 aliphatic rings. The van der Waals surface area contributed by atoms with Crippen LogP contribution in [0.1, 0.15) is 6.92 Å². The molecular weight excluding hydrogens is 248 g/mol. The van der Waals surface area contributed by atoms with Crippen LogP contribution in [-0.4, -0.2) is 45.6 Å². The minimum Gasteiger partial charge on any atom is -0.493 e. The number of aromatic nitrogens is 4. The molecule has 7 nitrogen and oxygen atoms in total. The summed E-state index contributed by atoms with van der Waals surface area (Å²) < 4.78 is 10.7. The van der Waals surface area contributed by atoms with Gasteiger partial charge in [-0.25, -0.2) is 0 Å². The highest BCUT2D eigenvalue weighted by atomic mass is 16.5. The second-order valence-electron chi connectivity index (χ2n) is 3.73. The van der Waals surface area contributed by atoms with Gasteiger partial charge in [-0.1, -0.05) is 0 Å². The van der Waals surface area contributed by atoms with Gasteiger partial charge in [0.25, 0.3) is 0 Å². The average Bonchev–Trinajstić information content (AvgIpc) is 2.88. The van der Waals surface area contributed by atoms with E-state index < -0.39 is 0 Å². The Labute approximate surface area is 110 Å². The Bertz CT molecular complexity index is 542. The normalized spacial score (nSPS) is 10.5. The van der Waals surface area contributed by atoms with E-state index in [-0.39, 0.29) is 6.61 Å². The van der Waals surface area contributed by atoms with Crippen LogP contribution in [0.15, 0.2) is 18.2 Å². The Balaban J connectivity index is 2.30. The average molecular weight is 264 g/mol. The Hall–Kier alpha value is -2.15. The molecule has 0 atom stereocenters. The van der Waals surface area contributed by atoms with Crippen molar-refractivity contribution in [2.24, 2.45) is 0 Å². The highest BCUT2D eigenvalue weighted by Crippen LogP contribution is 2.31. The molecule has 102 valence electrons. The lowest BCUT2D eigenvalue weighted by molar-refractivity contribution is 0.259. The number of tetrazole rings is 1. The maximum atomic E-state index is 8.82. The summed E-state index contributed by atoms with van der Waals surface area (Å²) >= 11 is 0. The zero-order chi connectivity index (χ0) is 13.7. The van der Waals surface area contributed by atoms with E-state index in [1.807, 2.05) is 19.1 Å². The van der Waals surface area contributed by atoms with E-state index in [2.05, 4.69) is 15.4 Å². The van der Waals surface area contributed by atoms with Gasteiger partial charge in [0.15, 0.2) is 11.5 Å². The first-order valence-electron chi connectivity index (χ1n) is 5.98. The zero-order valence-corrected chi connectivity index (χ0v) is 10.9. The second kappa shape index (κ2) is 6.14. The second-order valence-corrected chi connectivity index (χ2v) is 3.73. The molecule has 0 amide bonds. The lowest BCUT2D eigenvalue weighted by Crippen LogP contribution is -2.05. The quantitative estimate of drug-likeness (QED) is 0.828. The topological polar surface area (TPSA) is 82.3 Å². The van der Waals surface area contributed by atoms with E-state index in [0.29, 0.717) is 30.5 Å². The molecular formula is C12H16N4O3. The molecule has 7 heteroatoms. The highest BCUT2D eigenvalue weighted by Gasteiger charge is 2.10. The van der Waals surface area contributed by atoms with Gasteiger partial charge in [0.05, 0.1) is 26.9 Å². The van der Waals surface area contributed by atoms with Crippen LogP contribution in [0, 0.1) is 0 Å². The maximum Gasteiger partial charge on any atom is 0.205 e. The molecule has 0 aliphatic carbocycles. The van der Waals surface area contributed by atoms with Crippen molar-refractivity contribution < 1.29 is 14.6 Å². The number of hydrogen-bond donors (Lipinski definition) is 1. The summed E-state index contributed by atoms with van der Waals surface area (Å²) in [7, 11) is 1.59. The van der Waals surface area contributed by atoms with Gasteiger partial charge in [0.2, 0.25) is 5.82 Å². The molecule has 0 fully saturated rings. The first-order valence-corrected chi connectivity index (χ1v) is 5.98. The van der Waals surface area contributed by atoms with Crippen LogP contribution in [0.4, 0.5) is 0 Å². The largest absolute Gasteiger partial charge is 0.493 e. The van der Waals surface area contributed by atoms with Crippen LogP contribution in [0.5, 0.6) is 11.5 Å². The standard InChI is InChI=1S/C12H16N4O3/c1-3-19-11-8-9(4-5-10(11)18-2)12-13-15-16(14-12)6-7-17/h4-5,8,17H,3,6-7H2,1-2H3. The number of aliphatic hydroxyl groups is 1. The van der Waals surface area contributed by atoms with Crippen LogP contribution in [-0.2, 0) is 6.54 Å². The van der Waals surface area contributed by atoms with Gasteiger partial charge in [-0.05, 0) is 30.3 Å². The predicted octanol–water partition coefficient (Wildman–Crippen LogP) is 0.740. The molecule has 1 aromatic heterocycles. The van der Waals surface area contributed by atoms with Gasteiger partial charge in [-0.3, -0.25) is 0 Å². The van der Waals surface area contributed by atoms with Crippen molar-refractivity contribution in [1.82, 2.24) is 20.2 Å². The molecule has 0 saturated carbocycles. The molecule has 19 heavy (non-hydrogen) atoms. The molecule has 1 N–H and O–H groups in total. The number of nitrogens with zero attached hydrogens (tertiary/aromatic N) is 4. The van der Waals surface area contributed by atoms with Gasteiger partial charge in [-0.15, -0.1) is 10.2 Å². The van der Waals surface area contributed by atoms with Crippen molar-refractivity contribution in [2.75, 3.05) is 20.3 Å². The van der Waals surface area contributed by atoms with Crippen LogP contribution < -0.4 is 9.47 Å². The fourth-order valence-corrected chi connectivity index (χ4v) is 1.63. The summed E-state index contributed by atoms with van der Waals surface area (Å²) in [5, 5.41) is 20.8. The van der Waals surface area contributed by atoms with E-state index in [1.165, 1.54) is 4.80 Å². The predicted molar refractivity (Wildman–Crippen MR) is 68.1 cm³/mol. The number of methoxy groups -OCH3 is 1. The Morgan fingerprint density at radius 3 is 2.84 bits per heavy atom. The fourth-order valence-electron chi connectivity index (χ4n) is 1.63. The summed E-state index contributed by atoms with van der Waals surface area (Å²) in [6, 6.07) is 5.44. The number of aliphatic hydroxyl groups excluding tert-OH is 1. The molecule has 0 aliphatic heterocycles. The lowest BCUT2D eigenvalue weighted by atomic mass is 10.2. The first-order chi connectivity index (χ1) is 9.28. The fraction of sp³-hybridized carbons (Fsp3) is 0.417. The SMILES string of the molecule is CCOc1cc(-c2nnn(CCO)n2)ccc1OC. The van der Waals surface area contributed by atoms with E-state index >= 15 is 0 Å². The number of ether oxygens (including phenoxy) is 2. The smallest absolute Gasteiger partial charge is 0.205 e. The van der Waals surface area contributed by atoms with Crippen LogP contribution >= 0.6 is 0 Å². The van der Waals surface area contributed by atoms with Crippen molar-refractivity contribution in [1.29, 1.82) is 0 Å². The van der Waals surface area contributed by atoms with Crippen molar-refractivity contribution >= 4 is 0 Å². The third kappa shape index (κ3) is 3.00. The summed E-state index contributed by atoms with van der Waals surface area (Å²) in [6.45, 7) is 2.75. The molecule has 1 heterocycles. The third-order valence-corrected chi connectivity index (χ3v) is 2.47. The Kier molecular flexibility index (Phi) is 4.30. The van der Waals surface area contributed by atoms with Crippen molar-refractivity contribution in [3.63, 3.8) is 0 Å². The van der Waals surface area contributed by atoms with Crippen molar-refractivity contribution in [3.8, 4) is 22.9 Å². The Morgan fingerprint density at radius 1 is 1.32 bits per heavy atom. The van der Waals surface area contributed by atoms with Crippen molar-refractivity contribution in [3.05, 3.63) is 18.2 Å². The van der Waals surface area contributed by atoms with Gasteiger partial charge in [-0.2, -0.15) is 4.80 Å². The van der Waals surface area contributed by atoms with Crippen LogP contribution in [0.2, 0.25) is 0 Å². The van der Waals surface area contributed by atoms with E-state index in [1.54, 1.807) is 13.2 Å². The van der Waals surface area contributed by atoms with Gasteiger partial charge >= 0.3 is 0 Å². The first kappa shape index (κ1) is 13.3. The lowest BCUT2D eigenvalue weighted by Gasteiger charge is -2.09. The molecule has 1 aromatic carbocycles. The molecule has 0 bridgehead atoms. The number of hydrogen-bond acceptors (Lipinski definition) is 6. The summed E-state index contributed by atoms with van der Waals surface area (Å²) in [5.41, 5.74) is 0.786. The van der Waals surface area contributed by atoms with E-state index in [9.17, 15) is 0 Å². The van der Waals surface area contributed by atoms with Gasteiger partial charge in [0.1, 0.15) is 0 Å². The number of rotatable bonds is 6. The van der Waals surface area contributed by atoms with Gasteiger partial charge in [0, 0.05) is 5.56 Å². The Morgan fingerprint density at radius 2 is 2.16 bits per heavy atom. The summed E-state index contributed by atoms with van der Waals surface area (Å²) in [6.07, 6.45) is 0. The van der Waals surface area contributed by atoms with Crippen molar-refractivity contribution in [2.45, 2.75) is 13.5 Å². The minimum absolute atomic E-state index is 0.0252. The van der Waals surface area contributed by atoms with E-state index in [0.717, 1.165) is 5.56 Å². The molecule has 0 unspecified atom stereocenters. The van der Waals surface area contributed by atoms with Crippen LogP contribution in [0.25, 0.3) is 11.4 Å². The monoisotopic (exact) mass is 264 g/mol. The highest BCUT2D eigenvalue weighted by molar-refractivity contribution is 5.60. The van der Waals surface area contributed by atoms with Gasteiger partial charge < -0.3 is 14.6 Å². The summed E-state index contributed by atoms with van der Waals surface area (Å²) in [4.78, 5) is 1.35. The molecule has 2 aromatic rings.